The van der Waals surface area contributed by atoms with Gasteiger partial charge in [-0.1, -0.05) is 0 Å². The topological polar surface area (TPSA) is 66.4 Å². The first-order valence-electron chi connectivity index (χ1n) is 6.58. The number of fused-ring (bicyclic) bond motifs is 1. The Hall–Kier alpha value is -1.50. The summed E-state index contributed by atoms with van der Waals surface area (Å²) in [6.07, 6.45) is 0.767. The molecule has 0 amide bonds. The quantitative estimate of drug-likeness (QED) is 0.690. The number of hydrogen-bond donors (Lipinski definition) is 1. The SMILES string of the molecule is COCCOCCCOc1cc2c(cc1CO)OCO2. The Bertz CT molecular complexity index is 420. The minimum Gasteiger partial charge on any atom is -0.493 e. The lowest BCUT2D eigenvalue weighted by Crippen LogP contribution is -2.07. The van der Waals surface area contributed by atoms with E-state index in [1.165, 1.54) is 0 Å². The molecular weight excluding hydrogens is 264 g/mol. The van der Waals surface area contributed by atoms with Crippen molar-refractivity contribution in [2.45, 2.75) is 13.0 Å². The van der Waals surface area contributed by atoms with Crippen LogP contribution in [0.4, 0.5) is 0 Å². The molecule has 0 saturated heterocycles. The van der Waals surface area contributed by atoms with Crippen LogP contribution in [0.15, 0.2) is 12.1 Å². The van der Waals surface area contributed by atoms with Crippen LogP contribution >= 0.6 is 0 Å². The Labute approximate surface area is 118 Å². The van der Waals surface area contributed by atoms with E-state index in [-0.39, 0.29) is 13.4 Å². The molecule has 0 saturated carbocycles. The molecule has 1 aromatic carbocycles. The van der Waals surface area contributed by atoms with Gasteiger partial charge >= 0.3 is 0 Å². The van der Waals surface area contributed by atoms with Crippen LogP contribution in [0.5, 0.6) is 17.2 Å². The van der Waals surface area contributed by atoms with Crippen molar-refractivity contribution in [1.29, 1.82) is 0 Å². The lowest BCUT2D eigenvalue weighted by Gasteiger charge is -2.11. The minimum absolute atomic E-state index is 0.101. The molecule has 2 rings (SSSR count). The zero-order valence-electron chi connectivity index (χ0n) is 11.6. The second-order valence-electron chi connectivity index (χ2n) is 4.28. The third-order valence-electron chi connectivity index (χ3n) is 2.85. The molecule has 0 bridgehead atoms. The van der Waals surface area contributed by atoms with Crippen molar-refractivity contribution in [3.63, 3.8) is 0 Å². The van der Waals surface area contributed by atoms with E-state index in [2.05, 4.69) is 0 Å². The first kappa shape index (κ1) is 14.9. The monoisotopic (exact) mass is 284 g/mol. The van der Waals surface area contributed by atoms with Crippen molar-refractivity contribution < 1.29 is 28.8 Å². The molecule has 0 spiro atoms. The van der Waals surface area contributed by atoms with Gasteiger partial charge in [-0.05, 0) is 6.07 Å². The fourth-order valence-electron chi connectivity index (χ4n) is 1.81. The molecule has 0 aromatic heterocycles. The maximum atomic E-state index is 9.33. The summed E-state index contributed by atoms with van der Waals surface area (Å²) >= 11 is 0. The van der Waals surface area contributed by atoms with Crippen LogP contribution in [0.3, 0.4) is 0 Å². The van der Waals surface area contributed by atoms with Crippen LogP contribution in [0.2, 0.25) is 0 Å². The highest BCUT2D eigenvalue weighted by molar-refractivity contribution is 5.51. The standard InChI is InChI=1S/C14H20O6/c1-16-5-6-17-3-2-4-18-12-8-14-13(19-10-20-14)7-11(12)9-15/h7-8,15H,2-6,9-10H2,1H3. The molecule has 1 aromatic rings. The van der Waals surface area contributed by atoms with Gasteiger partial charge in [-0.3, -0.25) is 0 Å². The van der Waals surface area contributed by atoms with Gasteiger partial charge in [0.15, 0.2) is 11.5 Å². The van der Waals surface area contributed by atoms with Crippen molar-refractivity contribution in [2.24, 2.45) is 0 Å². The molecule has 1 aliphatic rings. The summed E-state index contributed by atoms with van der Waals surface area (Å²) in [4.78, 5) is 0. The lowest BCUT2D eigenvalue weighted by molar-refractivity contribution is 0.0643. The van der Waals surface area contributed by atoms with Crippen LogP contribution in [-0.4, -0.2) is 45.4 Å². The third kappa shape index (κ3) is 4.00. The van der Waals surface area contributed by atoms with E-state index in [0.29, 0.717) is 49.2 Å². The summed E-state index contributed by atoms with van der Waals surface area (Å²) in [6.45, 7) is 2.41. The molecule has 0 radical (unpaired) electrons. The molecule has 112 valence electrons. The number of rotatable bonds is 9. The summed E-state index contributed by atoms with van der Waals surface area (Å²) in [5.74, 6) is 1.91. The Morgan fingerprint density at radius 2 is 1.90 bits per heavy atom. The molecule has 1 N–H and O–H groups in total. The Morgan fingerprint density at radius 1 is 1.10 bits per heavy atom. The van der Waals surface area contributed by atoms with E-state index in [4.69, 9.17) is 23.7 Å². The van der Waals surface area contributed by atoms with Crippen LogP contribution in [0.1, 0.15) is 12.0 Å². The average Bonchev–Trinajstić information content (AvgIpc) is 2.92. The lowest BCUT2D eigenvalue weighted by atomic mass is 10.2. The molecule has 0 atom stereocenters. The van der Waals surface area contributed by atoms with Gasteiger partial charge in [0.25, 0.3) is 0 Å². The molecule has 6 nitrogen and oxygen atoms in total. The Kier molecular flexibility index (Phi) is 5.91. The zero-order valence-corrected chi connectivity index (χ0v) is 11.6. The van der Waals surface area contributed by atoms with Crippen LogP contribution in [0, 0.1) is 0 Å². The van der Waals surface area contributed by atoms with E-state index in [1.807, 2.05) is 0 Å². The van der Waals surface area contributed by atoms with Gasteiger partial charge in [0.1, 0.15) is 5.75 Å². The van der Waals surface area contributed by atoms with Gasteiger partial charge in [-0.2, -0.15) is 0 Å². The van der Waals surface area contributed by atoms with E-state index in [0.717, 1.165) is 6.42 Å². The number of ether oxygens (including phenoxy) is 5. The number of benzene rings is 1. The van der Waals surface area contributed by atoms with E-state index in [9.17, 15) is 5.11 Å². The fraction of sp³-hybridized carbons (Fsp3) is 0.571. The second kappa shape index (κ2) is 7.94. The van der Waals surface area contributed by atoms with Crippen molar-refractivity contribution >= 4 is 0 Å². The highest BCUT2D eigenvalue weighted by Crippen LogP contribution is 2.38. The Balaban J connectivity index is 1.77. The molecule has 1 heterocycles. The first-order chi connectivity index (χ1) is 9.85. The van der Waals surface area contributed by atoms with Gasteiger partial charge in [-0.25, -0.2) is 0 Å². The smallest absolute Gasteiger partial charge is 0.231 e. The second-order valence-corrected chi connectivity index (χ2v) is 4.28. The highest BCUT2D eigenvalue weighted by Gasteiger charge is 2.17. The van der Waals surface area contributed by atoms with E-state index in [1.54, 1.807) is 19.2 Å². The maximum absolute atomic E-state index is 9.33. The first-order valence-corrected chi connectivity index (χ1v) is 6.58. The van der Waals surface area contributed by atoms with E-state index < -0.39 is 0 Å². The van der Waals surface area contributed by atoms with Gasteiger partial charge < -0.3 is 28.8 Å². The van der Waals surface area contributed by atoms with Crippen molar-refractivity contribution in [2.75, 3.05) is 40.3 Å². The highest BCUT2D eigenvalue weighted by atomic mass is 16.7. The molecule has 0 unspecified atom stereocenters. The number of aliphatic hydroxyl groups is 1. The summed E-state index contributed by atoms with van der Waals surface area (Å²) in [7, 11) is 1.64. The molecule has 20 heavy (non-hydrogen) atoms. The number of hydrogen-bond acceptors (Lipinski definition) is 6. The summed E-state index contributed by atoms with van der Waals surface area (Å²) < 4.78 is 26.4. The van der Waals surface area contributed by atoms with Gasteiger partial charge in [0.05, 0.1) is 26.4 Å². The van der Waals surface area contributed by atoms with Gasteiger partial charge in [0, 0.05) is 31.8 Å². The molecule has 6 heteroatoms. The number of methoxy groups -OCH3 is 1. The summed E-state index contributed by atoms with van der Waals surface area (Å²) in [6, 6.07) is 3.49. The normalized spacial score (nSPS) is 12.7. The number of aliphatic hydroxyl groups excluding tert-OH is 1. The Morgan fingerprint density at radius 3 is 2.65 bits per heavy atom. The van der Waals surface area contributed by atoms with Crippen LogP contribution in [0.25, 0.3) is 0 Å². The van der Waals surface area contributed by atoms with Crippen LogP contribution in [-0.2, 0) is 16.1 Å². The zero-order chi connectivity index (χ0) is 14.2. The molecule has 0 aliphatic carbocycles. The summed E-state index contributed by atoms with van der Waals surface area (Å²) in [5, 5.41) is 9.33. The minimum atomic E-state index is -0.101. The molecular formula is C14H20O6. The largest absolute Gasteiger partial charge is 0.493 e. The van der Waals surface area contributed by atoms with Crippen molar-refractivity contribution in [3.05, 3.63) is 17.7 Å². The van der Waals surface area contributed by atoms with Gasteiger partial charge in [-0.15, -0.1) is 0 Å². The predicted octanol–water partition coefficient (Wildman–Crippen LogP) is 1.34. The summed E-state index contributed by atoms with van der Waals surface area (Å²) in [5.41, 5.74) is 0.689. The fourth-order valence-corrected chi connectivity index (χ4v) is 1.81. The van der Waals surface area contributed by atoms with Crippen molar-refractivity contribution in [1.82, 2.24) is 0 Å². The predicted molar refractivity (Wildman–Crippen MR) is 71.3 cm³/mol. The van der Waals surface area contributed by atoms with Crippen molar-refractivity contribution in [3.8, 4) is 17.2 Å². The maximum Gasteiger partial charge on any atom is 0.231 e. The van der Waals surface area contributed by atoms with Gasteiger partial charge in [0.2, 0.25) is 6.79 Å². The third-order valence-corrected chi connectivity index (χ3v) is 2.85. The molecule has 0 fully saturated rings. The molecule has 1 aliphatic heterocycles. The van der Waals surface area contributed by atoms with Crippen LogP contribution < -0.4 is 14.2 Å². The van der Waals surface area contributed by atoms with E-state index >= 15 is 0 Å². The average molecular weight is 284 g/mol.